The number of ketones is 1. The van der Waals surface area contributed by atoms with Crippen LogP contribution < -0.4 is 39.6 Å². The Hall–Kier alpha value is -3.40. The minimum Gasteiger partial charge on any atom is -0.506 e. The van der Waals surface area contributed by atoms with Crippen molar-refractivity contribution in [3.05, 3.63) is 92.2 Å². The third-order valence-corrected chi connectivity index (χ3v) is 6.99. The number of aryl methyl sites for hydroxylation is 2. The number of nitrogens with one attached hydrogen (secondary N) is 1. The maximum absolute atomic E-state index is 13.2. The molecule has 0 aliphatic carbocycles. The van der Waals surface area contributed by atoms with Crippen molar-refractivity contribution in [2.45, 2.75) is 32.6 Å². The van der Waals surface area contributed by atoms with E-state index in [1.807, 2.05) is 6.07 Å². The van der Waals surface area contributed by atoms with Crippen molar-refractivity contribution < 1.29 is 61.8 Å². The number of anilines is 1. The molecule has 214 valence electrons. The summed E-state index contributed by atoms with van der Waals surface area (Å²) in [5.74, 6) is -0.891. The molecule has 0 aromatic heterocycles. The van der Waals surface area contributed by atoms with Crippen LogP contribution in [0.15, 0.2) is 59.5 Å². The Labute approximate surface area is 271 Å². The Balaban J connectivity index is 0.00000616. The van der Waals surface area contributed by atoms with Gasteiger partial charge in [0.25, 0.3) is 5.91 Å². The van der Waals surface area contributed by atoms with Crippen LogP contribution in [-0.2, 0) is 19.6 Å². The quantitative estimate of drug-likeness (QED) is 0.268. The average molecular weight is 620 g/mol. The number of rotatable bonds is 10. The van der Waals surface area contributed by atoms with E-state index >= 15 is 0 Å². The average Bonchev–Trinajstić information content (AvgIpc) is 2.91. The van der Waals surface area contributed by atoms with Crippen molar-refractivity contribution in [2.75, 3.05) is 18.5 Å². The zero-order valence-corrected chi connectivity index (χ0v) is 27.3. The van der Waals surface area contributed by atoms with E-state index in [0.29, 0.717) is 16.8 Å². The SMILES string of the molecule is Cc1cc(C#N)cc(C(=O)c2cc(Cl)ccc2OCC(=O)Nc2ccc(S(=O)(=O)[N-]C(=O)OCC(C)C)cc2C)c1.[Na+]. The van der Waals surface area contributed by atoms with Crippen LogP contribution in [0.1, 0.15) is 46.5 Å². The van der Waals surface area contributed by atoms with Gasteiger partial charge in [0.2, 0.25) is 6.09 Å². The minimum atomic E-state index is -4.32. The van der Waals surface area contributed by atoms with E-state index in [9.17, 15) is 28.1 Å². The van der Waals surface area contributed by atoms with Gasteiger partial charge in [0.05, 0.1) is 28.7 Å². The molecule has 0 atom stereocenters. The van der Waals surface area contributed by atoms with Crippen LogP contribution in [0.2, 0.25) is 5.02 Å². The van der Waals surface area contributed by atoms with Crippen LogP contribution >= 0.6 is 11.6 Å². The third kappa shape index (κ3) is 9.58. The maximum atomic E-state index is 13.2. The monoisotopic (exact) mass is 619 g/mol. The van der Waals surface area contributed by atoms with Crippen molar-refractivity contribution in [2.24, 2.45) is 5.92 Å². The van der Waals surface area contributed by atoms with Gasteiger partial charge in [-0.3, -0.25) is 14.4 Å². The molecule has 42 heavy (non-hydrogen) atoms. The van der Waals surface area contributed by atoms with E-state index in [1.54, 1.807) is 39.8 Å². The summed E-state index contributed by atoms with van der Waals surface area (Å²) in [6, 6.07) is 15.0. The summed E-state index contributed by atoms with van der Waals surface area (Å²) >= 11 is 6.11. The first-order valence-electron chi connectivity index (χ1n) is 12.3. The van der Waals surface area contributed by atoms with Crippen LogP contribution in [-0.4, -0.2) is 39.4 Å². The van der Waals surface area contributed by atoms with Crippen molar-refractivity contribution in [1.29, 1.82) is 5.26 Å². The van der Waals surface area contributed by atoms with Gasteiger partial charge in [-0.25, -0.2) is 8.42 Å². The number of ether oxygens (including phenoxy) is 2. The molecular weight excluding hydrogens is 593 g/mol. The second-order valence-corrected chi connectivity index (χ2v) is 11.6. The number of halogens is 1. The molecule has 0 heterocycles. The molecule has 10 nitrogen and oxygen atoms in total. The molecule has 0 aliphatic heterocycles. The van der Waals surface area contributed by atoms with Crippen LogP contribution in [0.4, 0.5) is 10.5 Å². The number of amides is 2. The molecule has 0 fully saturated rings. The van der Waals surface area contributed by atoms with Crippen LogP contribution in [0, 0.1) is 31.1 Å². The topological polar surface area (TPSA) is 154 Å². The van der Waals surface area contributed by atoms with Crippen molar-refractivity contribution in [1.82, 2.24) is 0 Å². The van der Waals surface area contributed by atoms with E-state index in [-0.39, 0.29) is 68.9 Å². The summed E-state index contributed by atoms with van der Waals surface area (Å²) in [7, 11) is -4.32. The molecule has 13 heteroatoms. The van der Waals surface area contributed by atoms with E-state index in [2.05, 4.69) is 10.0 Å². The maximum Gasteiger partial charge on any atom is 1.00 e. The van der Waals surface area contributed by atoms with Gasteiger partial charge in [0.15, 0.2) is 12.4 Å². The fourth-order valence-corrected chi connectivity index (χ4v) is 4.71. The molecule has 1 N–H and O–H groups in total. The molecule has 0 radical (unpaired) electrons. The van der Waals surface area contributed by atoms with E-state index in [0.717, 1.165) is 5.56 Å². The summed E-state index contributed by atoms with van der Waals surface area (Å²) in [4.78, 5) is 37.4. The van der Waals surface area contributed by atoms with Crippen LogP contribution in [0.5, 0.6) is 5.75 Å². The van der Waals surface area contributed by atoms with E-state index in [4.69, 9.17) is 21.1 Å². The Morgan fingerprint density at radius 2 is 1.76 bits per heavy atom. The predicted molar refractivity (Wildman–Crippen MR) is 153 cm³/mol. The first-order valence-corrected chi connectivity index (χ1v) is 14.1. The Kier molecular flexibility index (Phi) is 12.6. The summed E-state index contributed by atoms with van der Waals surface area (Å²) in [6.07, 6.45) is -1.21. The van der Waals surface area contributed by atoms with Crippen LogP contribution in [0.3, 0.4) is 0 Å². The molecule has 0 saturated carbocycles. The zero-order valence-electron chi connectivity index (χ0n) is 23.7. The summed E-state index contributed by atoms with van der Waals surface area (Å²) < 4.78 is 38.5. The number of hydrogen-bond donors (Lipinski definition) is 1. The Morgan fingerprint density at radius 3 is 2.40 bits per heavy atom. The van der Waals surface area contributed by atoms with Gasteiger partial charge in [0.1, 0.15) is 15.8 Å². The van der Waals surface area contributed by atoms with Gasteiger partial charge in [-0.15, -0.1) is 0 Å². The normalized spacial score (nSPS) is 10.7. The summed E-state index contributed by atoms with van der Waals surface area (Å²) in [5.41, 5.74) is 2.12. The standard InChI is InChI=1S/C29H28ClN3O7S.Na/c1-17(2)15-40-29(36)33-41(37,38)23-6-7-25(19(4)11-23)32-27(34)16-39-26-8-5-22(30)13-24(26)28(35)21-10-18(3)9-20(12-21)14-31;/h5-13,17H,15-16H2,1-4H3,(H2,32,33,34,36);/q;+1/p-1. The first-order chi connectivity index (χ1) is 19.3. The van der Waals surface area contributed by atoms with Crippen molar-refractivity contribution in [3.63, 3.8) is 0 Å². The number of carbonyl (C=O) groups excluding carboxylic acids is 3. The molecule has 0 spiro atoms. The number of nitrogens with zero attached hydrogens (tertiary/aromatic N) is 2. The minimum absolute atomic E-state index is 0. The molecule has 3 aromatic rings. The van der Waals surface area contributed by atoms with Gasteiger partial charge in [-0.2, -0.15) is 5.26 Å². The number of sulfonamides is 1. The van der Waals surface area contributed by atoms with Gasteiger partial charge in [-0.05, 0) is 85.5 Å². The van der Waals surface area contributed by atoms with Gasteiger partial charge in [0, 0.05) is 16.3 Å². The van der Waals surface area contributed by atoms with Gasteiger partial charge >= 0.3 is 29.6 Å². The second kappa shape index (κ2) is 15.2. The largest absolute Gasteiger partial charge is 1.00 e. The predicted octanol–water partition coefficient (Wildman–Crippen LogP) is 2.94. The molecule has 3 rings (SSSR count). The summed E-state index contributed by atoms with van der Waals surface area (Å²) in [5, 5.41) is 12.1. The molecule has 0 saturated heterocycles. The number of benzene rings is 3. The van der Waals surface area contributed by atoms with Crippen molar-refractivity contribution >= 4 is 45.1 Å². The third-order valence-electron chi connectivity index (χ3n) is 5.52. The molecule has 0 aliphatic rings. The fraction of sp³-hybridized carbons (Fsp3) is 0.241. The Morgan fingerprint density at radius 1 is 1.05 bits per heavy atom. The van der Waals surface area contributed by atoms with Gasteiger partial charge < -0.3 is 19.5 Å². The smallest absolute Gasteiger partial charge is 0.506 e. The number of hydrogen-bond acceptors (Lipinski definition) is 8. The number of carbonyl (C=O) groups is 3. The Bertz CT molecular complexity index is 1650. The second-order valence-electron chi connectivity index (χ2n) is 9.52. The van der Waals surface area contributed by atoms with Crippen LogP contribution in [0.25, 0.3) is 4.72 Å². The zero-order chi connectivity index (χ0) is 30.3. The molecule has 0 bridgehead atoms. The fourth-order valence-electron chi connectivity index (χ4n) is 3.62. The number of nitriles is 1. The molecule has 0 unspecified atom stereocenters. The first kappa shape index (κ1) is 34.8. The molecule has 2 amide bonds. The molecular formula is C29H27ClN3NaO7S. The summed E-state index contributed by atoms with van der Waals surface area (Å²) in [6.45, 7) is 6.49. The molecule has 3 aromatic carbocycles. The van der Waals surface area contributed by atoms with Crippen molar-refractivity contribution in [3.8, 4) is 11.8 Å². The van der Waals surface area contributed by atoms with E-state index in [1.165, 1.54) is 42.5 Å². The van der Waals surface area contributed by atoms with Gasteiger partial charge in [-0.1, -0.05) is 25.4 Å². The van der Waals surface area contributed by atoms with E-state index < -0.39 is 34.4 Å².